The Hall–Kier alpha value is -3.49. The first-order valence-electron chi connectivity index (χ1n) is 7.88. The first-order valence-corrected chi connectivity index (χ1v) is 7.88. The zero-order valence-corrected chi connectivity index (χ0v) is 14.0. The summed E-state index contributed by atoms with van der Waals surface area (Å²) in [4.78, 5) is 52.1. The van der Waals surface area contributed by atoms with Crippen LogP contribution in [0.25, 0.3) is 22.1 Å². The summed E-state index contributed by atoms with van der Waals surface area (Å²) in [6.07, 6.45) is 2.43. The van der Waals surface area contributed by atoms with Gasteiger partial charge in [0.05, 0.1) is 10.8 Å². The first kappa shape index (κ1) is 17.3. The van der Waals surface area contributed by atoms with Crippen molar-refractivity contribution in [2.24, 2.45) is 0 Å². The average Bonchev–Trinajstić information content (AvgIpc) is 2.61. The smallest absolute Gasteiger partial charge is 0.341 e. The highest BCUT2D eigenvalue weighted by Gasteiger charge is 2.20. The molecular formula is C17H15N3O6. The van der Waals surface area contributed by atoms with E-state index in [9.17, 15) is 29.4 Å². The molecule has 0 aliphatic carbocycles. The molecule has 0 spiro atoms. The topological polar surface area (TPSA) is 131 Å². The molecule has 0 bridgehead atoms. The molecule has 9 heteroatoms. The van der Waals surface area contributed by atoms with Crippen LogP contribution in [0.5, 0.6) is 0 Å². The molecule has 0 saturated heterocycles. The summed E-state index contributed by atoms with van der Waals surface area (Å²) in [5, 5.41) is 18.4. The first-order chi connectivity index (χ1) is 12.3. The van der Waals surface area contributed by atoms with Crippen LogP contribution in [0.2, 0.25) is 0 Å². The molecule has 3 aromatic heterocycles. The molecule has 0 aliphatic rings. The van der Waals surface area contributed by atoms with Crippen LogP contribution in [0.15, 0.2) is 28.0 Å². The van der Waals surface area contributed by atoms with E-state index in [-0.39, 0.29) is 22.1 Å². The highest BCUT2D eigenvalue weighted by molar-refractivity contribution is 5.97. The van der Waals surface area contributed by atoms with Crippen molar-refractivity contribution in [3.63, 3.8) is 0 Å². The van der Waals surface area contributed by atoms with Crippen molar-refractivity contribution in [3.05, 3.63) is 50.0 Å². The van der Waals surface area contributed by atoms with Gasteiger partial charge in [0.25, 0.3) is 0 Å². The van der Waals surface area contributed by atoms with Crippen LogP contribution in [0.1, 0.15) is 34.6 Å². The maximum absolute atomic E-state index is 12.5. The molecule has 0 fully saturated rings. The number of pyridine rings is 3. The van der Waals surface area contributed by atoms with Crippen LogP contribution in [0.3, 0.4) is 0 Å². The third-order valence-corrected chi connectivity index (χ3v) is 4.22. The number of rotatable bonds is 4. The Morgan fingerprint density at radius 3 is 1.58 bits per heavy atom. The second kappa shape index (κ2) is 6.10. The molecule has 0 radical (unpaired) electrons. The van der Waals surface area contributed by atoms with E-state index in [1.54, 1.807) is 13.8 Å². The van der Waals surface area contributed by atoms with Gasteiger partial charge in [0, 0.05) is 25.5 Å². The minimum Gasteiger partial charge on any atom is -0.477 e. The van der Waals surface area contributed by atoms with Crippen molar-refractivity contribution < 1.29 is 19.8 Å². The lowest BCUT2D eigenvalue weighted by molar-refractivity contribution is 0.0684. The third kappa shape index (κ3) is 2.44. The Morgan fingerprint density at radius 1 is 0.885 bits per heavy atom. The van der Waals surface area contributed by atoms with Crippen molar-refractivity contribution in [1.29, 1.82) is 0 Å². The predicted octanol–water partition coefficient (Wildman–Crippen LogP) is 1.15. The fourth-order valence-corrected chi connectivity index (χ4v) is 2.89. The maximum atomic E-state index is 12.5. The molecular weight excluding hydrogens is 342 g/mol. The average molecular weight is 357 g/mol. The highest BCUT2D eigenvalue weighted by atomic mass is 16.4. The number of nitrogens with zero attached hydrogens (tertiary/aromatic N) is 3. The van der Waals surface area contributed by atoms with Crippen molar-refractivity contribution in [1.82, 2.24) is 14.1 Å². The van der Waals surface area contributed by atoms with E-state index in [1.807, 2.05) is 0 Å². The molecule has 0 aliphatic heterocycles. The molecule has 3 heterocycles. The molecule has 0 amide bonds. The number of carboxylic acid groups (broad SMARTS) is 2. The quantitative estimate of drug-likeness (QED) is 0.669. The summed E-state index contributed by atoms with van der Waals surface area (Å²) in [6, 6.07) is 1.24. The van der Waals surface area contributed by atoms with Gasteiger partial charge in [-0.25, -0.2) is 14.6 Å². The summed E-state index contributed by atoms with van der Waals surface area (Å²) in [5.41, 5.74) is -1.94. The van der Waals surface area contributed by atoms with Crippen molar-refractivity contribution in [2.75, 3.05) is 0 Å². The van der Waals surface area contributed by atoms with Gasteiger partial charge in [-0.3, -0.25) is 9.59 Å². The van der Waals surface area contributed by atoms with Crippen LogP contribution in [-0.4, -0.2) is 36.3 Å². The summed E-state index contributed by atoms with van der Waals surface area (Å²) in [5.74, 6) is -2.77. The lowest BCUT2D eigenvalue weighted by Gasteiger charge is -2.13. The van der Waals surface area contributed by atoms with Crippen LogP contribution >= 0.6 is 0 Å². The fourth-order valence-electron chi connectivity index (χ4n) is 2.89. The van der Waals surface area contributed by atoms with Crippen molar-refractivity contribution >= 4 is 34.0 Å². The summed E-state index contributed by atoms with van der Waals surface area (Å²) < 4.78 is 3.02. The fraction of sp³-hybridized carbons (Fsp3) is 0.235. The Morgan fingerprint density at radius 2 is 1.27 bits per heavy atom. The van der Waals surface area contributed by atoms with Gasteiger partial charge in [-0.05, 0) is 19.9 Å². The molecule has 3 aromatic rings. The van der Waals surface area contributed by atoms with E-state index in [4.69, 9.17) is 0 Å². The van der Waals surface area contributed by atoms with Gasteiger partial charge in [-0.1, -0.05) is 0 Å². The van der Waals surface area contributed by atoms with Gasteiger partial charge < -0.3 is 19.3 Å². The molecule has 0 aromatic carbocycles. The predicted molar refractivity (Wildman–Crippen MR) is 93.0 cm³/mol. The van der Waals surface area contributed by atoms with E-state index < -0.39 is 33.9 Å². The lowest BCUT2D eigenvalue weighted by atomic mass is 10.1. The van der Waals surface area contributed by atoms with Crippen LogP contribution in [-0.2, 0) is 13.1 Å². The Balaban J connectivity index is 2.60. The number of aromatic nitrogens is 3. The maximum Gasteiger partial charge on any atom is 0.341 e. The number of hydrogen-bond acceptors (Lipinski definition) is 5. The molecule has 0 saturated carbocycles. The Bertz CT molecular complexity index is 1110. The van der Waals surface area contributed by atoms with E-state index in [0.717, 1.165) is 0 Å². The van der Waals surface area contributed by atoms with Crippen LogP contribution in [0.4, 0.5) is 0 Å². The number of hydrogen-bond donors (Lipinski definition) is 2. The third-order valence-electron chi connectivity index (χ3n) is 4.22. The SMILES string of the molecule is CCn1cc(C(=O)O)c(=O)c2cc3c(=O)c(C(=O)O)cn(CC)c3nc21. The van der Waals surface area contributed by atoms with Crippen molar-refractivity contribution in [3.8, 4) is 0 Å². The van der Waals surface area contributed by atoms with E-state index in [0.29, 0.717) is 13.1 Å². The molecule has 0 unspecified atom stereocenters. The lowest BCUT2D eigenvalue weighted by Crippen LogP contribution is -2.22. The zero-order valence-electron chi connectivity index (χ0n) is 14.0. The molecule has 0 atom stereocenters. The van der Waals surface area contributed by atoms with Gasteiger partial charge >= 0.3 is 11.9 Å². The summed E-state index contributed by atoms with van der Waals surface area (Å²) in [6.45, 7) is 4.25. The van der Waals surface area contributed by atoms with Gasteiger partial charge in [-0.2, -0.15) is 0 Å². The molecule has 2 N–H and O–H groups in total. The molecule has 3 rings (SSSR count). The summed E-state index contributed by atoms with van der Waals surface area (Å²) >= 11 is 0. The van der Waals surface area contributed by atoms with E-state index in [2.05, 4.69) is 4.98 Å². The number of carbonyl (C=O) groups is 2. The monoisotopic (exact) mass is 357 g/mol. The van der Waals surface area contributed by atoms with Crippen molar-refractivity contribution in [2.45, 2.75) is 26.9 Å². The molecule has 26 heavy (non-hydrogen) atoms. The molecule has 134 valence electrons. The second-order valence-corrected chi connectivity index (χ2v) is 5.66. The standard InChI is InChI=1S/C17H15N3O6/c1-3-19-6-10(16(23)24)12(21)8-5-9-13(22)11(17(25)26)7-20(4-2)15(9)18-14(8)19/h5-7H,3-4H2,1-2H3,(H,23,24)(H,25,26). The van der Waals surface area contributed by atoms with E-state index in [1.165, 1.54) is 27.6 Å². The van der Waals surface area contributed by atoms with Crippen LogP contribution < -0.4 is 10.9 Å². The Labute approximate surface area is 145 Å². The number of fused-ring (bicyclic) bond motifs is 2. The highest BCUT2D eigenvalue weighted by Crippen LogP contribution is 2.17. The second-order valence-electron chi connectivity index (χ2n) is 5.66. The minimum atomic E-state index is -1.38. The van der Waals surface area contributed by atoms with Gasteiger partial charge in [0.2, 0.25) is 10.9 Å². The van der Waals surface area contributed by atoms with E-state index >= 15 is 0 Å². The zero-order chi connectivity index (χ0) is 19.2. The normalized spacial score (nSPS) is 11.2. The van der Waals surface area contributed by atoms with Gasteiger partial charge in [-0.15, -0.1) is 0 Å². The molecule has 9 nitrogen and oxygen atoms in total. The Kier molecular flexibility index (Phi) is 4.07. The van der Waals surface area contributed by atoms with Gasteiger partial charge in [0.1, 0.15) is 22.4 Å². The minimum absolute atomic E-state index is 0.0402. The number of carboxylic acids is 2. The summed E-state index contributed by atoms with van der Waals surface area (Å²) in [7, 11) is 0. The number of aryl methyl sites for hydroxylation is 2. The largest absolute Gasteiger partial charge is 0.477 e. The van der Waals surface area contributed by atoms with Crippen LogP contribution in [0, 0.1) is 0 Å². The number of aromatic carboxylic acids is 2. The van der Waals surface area contributed by atoms with Gasteiger partial charge in [0.15, 0.2) is 0 Å².